The zero-order valence-electron chi connectivity index (χ0n) is 13.6. The van der Waals surface area contributed by atoms with E-state index in [1.54, 1.807) is 18.2 Å². The first kappa shape index (κ1) is 16.5. The van der Waals surface area contributed by atoms with Crippen LogP contribution in [0.3, 0.4) is 0 Å². The van der Waals surface area contributed by atoms with Crippen molar-refractivity contribution in [3.8, 4) is 5.75 Å². The van der Waals surface area contributed by atoms with E-state index in [1.807, 2.05) is 60.7 Å². The highest BCUT2D eigenvalue weighted by Gasteiger charge is 2.21. The summed E-state index contributed by atoms with van der Waals surface area (Å²) in [6.07, 6.45) is 0. The summed E-state index contributed by atoms with van der Waals surface area (Å²) in [5.74, 6) is 0.256. The van der Waals surface area contributed by atoms with Crippen LogP contribution in [0, 0.1) is 10.1 Å². The maximum Gasteiger partial charge on any atom is 0.333 e. The molecule has 0 fully saturated rings. The van der Waals surface area contributed by atoms with Gasteiger partial charge in [0.2, 0.25) is 0 Å². The van der Waals surface area contributed by atoms with Gasteiger partial charge in [-0.3, -0.25) is 10.1 Å². The van der Waals surface area contributed by atoms with E-state index < -0.39 is 4.92 Å². The highest BCUT2D eigenvalue weighted by Crippen LogP contribution is 2.35. The maximum absolute atomic E-state index is 11.6. The van der Waals surface area contributed by atoms with E-state index in [9.17, 15) is 10.1 Å². The number of nitro benzene ring substituents is 1. The predicted octanol–water partition coefficient (Wildman–Crippen LogP) is 4.79. The molecule has 0 radical (unpaired) electrons. The Morgan fingerprint density at radius 1 is 0.840 bits per heavy atom. The molecular formula is C20H18N2O3. The molecule has 0 saturated heterocycles. The first-order valence-corrected chi connectivity index (χ1v) is 7.96. The lowest BCUT2D eigenvalue weighted by Gasteiger charge is -2.11. The number of anilines is 1. The van der Waals surface area contributed by atoms with Crippen LogP contribution in [-0.2, 0) is 13.2 Å². The molecule has 25 heavy (non-hydrogen) atoms. The minimum atomic E-state index is -0.409. The monoisotopic (exact) mass is 334 g/mol. The van der Waals surface area contributed by atoms with Crippen LogP contribution < -0.4 is 10.1 Å². The van der Waals surface area contributed by atoms with E-state index in [0.717, 1.165) is 11.1 Å². The molecule has 0 heterocycles. The van der Waals surface area contributed by atoms with Crippen molar-refractivity contribution >= 4 is 11.4 Å². The molecular weight excluding hydrogens is 316 g/mol. The molecule has 0 aliphatic rings. The summed E-state index contributed by atoms with van der Waals surface area (Å²) >= 11 is 0. The van der Waals surface area contributed by atoms with Gasteiger partial charge in [-0.05, 0) is 23.3 Å². The van der Waals surface area contributed by atoms with E-state index in [-0.39, 0.29) is 18.0 Å². The van der Waals surface area contributed by atoms with Gasteiger partial charge >= 0.3 is 5.69 Å². The second-order valence-corrected chi connectivity index (χ2v) is 5.52. The van der Waals surface area contributed by atoms with Crippen LogP contribution >= 0.6 is 0 Å². The Kier molecular flexibility index (Phi) is 5.26. The summed E-state index contributed by atoms with van der Waals surface area (Å²) in [4.78, 5) is 11.1. The SMILES string of the molecule is O=[N+]([O-])c1c(NCc2ccccc2)cccc1OCc1ccccc1. The number of nitrogens with one attached hydrogen (secondary N) is 1. The minimum Gasteiger partial charge on any atom is -0.482 e. The van der Waals surface area contributed by atoms with Gasteiger partial charge < -0.3 is 10.1 Å². The summed E-state index contributed by atoms with van der Waals surface area (Å²) in [5.41, 5.74) is 2.40. The molecule has 5 nitrogen and oxygen atoms in total. The number of rotatable bonds is 7. The molecule has 5 heteroatoms. The van der Waals surface area contributed by atoms with E-state index in [1.165, 1.54) is 0 Å². The van der Waals surface area contributed by atoms with Crippen LogP contribution in [0.5, 0.6) is 5.75 Å². The van der Waals surface area contributed by atoms with Gasteiger partial charge in [-0.15, -0.1) is 0 Å². The highest BCUT2D eigenvalue weighted by atomic mass is 16.6. The third-order valence-corrected chi connectivity index (χ3v) is 3.74. The Bertz CT molecular complexity index is 774. The smallest absolute Gasteiger partial charge is 0.333 e. The van der Waals surface area contributed by atoms with E-state index in [2.05, 4.69) is 5.32 Å². The van der Waals surface area contributed by atoms with Crippen LogP contribution in [0.15, 0.2) is 78.9 Å². The zero-order valence-corrected chi connectivity index (χ0v) is 13.6. The number of hydrogen-bond donors (Lipinski definition) is 1. The lowest BCUT2D eigenvalue weighted by atomic mass is 10.2. The van der Waals surface area contributed by atoms with Gasteiger partial charge in [0.25, 0.3) is 0 Å². The number of hydrogen-bond acceptors (Lipinski definition) is 4. The molecule has 3 aromatic carbocycles. The molecule has 0 saturated carbocycles. The van der Waals surface area contributed by atoms with Crippen molar-refractivity contribution in [2.45, 2.75) is 13.2 Å². The van der Waals surface area contributed by atoms with E-state index >= 15 is 0 Å². The number of para-hydroxylation sites is 1. The number of benzene rings is 3. The Morgan fingerprint density at radius 3 is 2.12 bits per heavy atom. The van der Waals surface area contributed by atoms with Crippen LogP contribution in [-0.4, -0.2) is 4.92 Å². The molecule has 0 aromatic heterocycles. The van der Waals surface area contributed by atoms with Gasteiger partial charge in [-0.2, -0.15) is 0 Å². The Hall–Kier alpha value is -3.34. The molecule has 1 N–H and O–H groups in total. The molecule has 3 rings (SSSR count). The largest absolute Gasteiger partial charge is 0.482 e. The third-order valence-electron chi connectivity index (χ3n) is 3.74. The first-order valence-electron chi connectivity index (χ1n) is 7.96. The predicted molar refractivity (Wildman–Crippen MR) is 97.6 cm³/mol. The van der Waals surface area contributed by atoms with Crippen LogP contribution in [0.4, 0.5) is 11.4 Å². The molecule has 0 amide bonds. The standard InChI is InChI=1S/C20H18N2O3/c23-22(24)20-18(21-14-16-8-3-1-4-9-16)12-7-13-19(20)25-15-17-10-5-2-6-11-17/h1-13,21H,14-15H2. The van der Waals surface area contributed by atoms with Crippen LogP contribution in [0.1, 0.15) is 11.1 Å². The lowest BCUT2D eigenvalue weighted by molar-refractivity contribution is -0.385. The quantitative estimate of drug-likeness (QED) is 0.498. The average molecular weight is 334 g/mol. The van der Waals surface area contributed by atoms with E-state index in [0.29, 0.717) is 12.2 Å². The molecule has 0 bridgehead atoms. The van der Waals surface area contributed by atoms with Gasteiger partial charge in [0.1, 0.15) is 12.3 Å². The molecule has 0 atom stereocenters. The fraction of sp³-hybridized carbons (Fsp3) is 0.100. The van der Waals surface area contributed by atoms with Crippen molar-refractivity contribution < 1.29 is 9.66 Å². The molecule has 126 valence electrons. The van der Waals surface area contributed by atoms with Gasteiger partial charge in [-0.1, -0.05) is 66.7 Å². The van der Waals surface area contributed by atoms with Gasteiger partial charge in [0.15, 0.2) is 5.75 Å². The second-order valence-electron chi connectivity index (χ2n) is 5.52. The second kappa shape index (κ2) is 7.97. The van der Waals surface area contributed by atoms with Gasteiger partial charge in [0, 0.05) is 6.54 Å². The molecule has 0 spiro atoms. The van der Waals surface area contributed by atoms with Crippen molar-refractivity contribution in [2.75, 3.05) is 5.32 Å². The Labute approximate surface area is 146 Å². The van der Waals surface area contributed by atoms with Crippen molar-refractivity contribution in [2.24, 2.45) is 0 Å². The van der Waals surface area contributed by atoms with E-state index in [4.69, 9.17) is 4.74 Å². The lowest BCUT2D eigenvalue weighted by Crippen LogP contribution is -2.05. The maximum atomic E-state index is 11.6. The minimum absolute atomic E-state index is 0.0469. The number of nitrogens with zero attached hydrogens (tertiary/aromatic N) is 1. The topological polar surface area (TPSA) is 64.4 Å². The summed E-state index contributed by atoms with van der Waals surface area (Å²) in [5, 5.41) is 14.7. The summed E-state index contributed by atoms with van der Waals surface area (Å²) in [6.45, 7) is 0.785. The normalized spacial score (nSPS) is 10.2. The number of nitro groups is 1. The average Bonchev–Trinajstić information content (AvgIpc) is 2.66. The van der Waals surface area contributed by atoms with Gasteiger partial charge in [0.05, 0.1) is 4.92 Å². The summed E-state index contributed by atoms with van der Waals surface area (Å²) in [6, 6.07) is 24.4. The summed E-state index contributed by atoms with van der Waals surface area (Å²) < 4.78 is 5.70. The van der Waals surface area contributed by atoms with Crippen molar-refractivity contribution in [1.82, 2.24) is 0 Å². The van der Waals surface area contributed by atoms with Crippen LogP contribution in [0.2, 0.25) is 0 Å². The molecule has 0 aliphatic heterocycles. The molecule has 0 aliphatic carbocycles. The number of ether oxygens (including phenoxy) is 1. The highest BCUT2D eigenvalue weighted by molar-refractivity contribution is 5.68. The summed E-state index contributed by atoms with van der Waals surface area (Å²) in [7, 11) is 0. The third kappa shape index (κ3) is 4.35. The van der Waals surface area contributed by atoms with Crippen molar-refractivity contribution in [1.29, 1.82) is 0 Å². The fourth-order valence-electron chi connectivity index (χ4n) is 2.50. The van der Waals surface area contributed by atoms with Gasteiger partial charge in [-0.25, -0.2) is 0 Å². The zero-order chi connectivity index (χ0) is 17.5. The fourth-order valence-corrected chi connectivity index (χ4v) is 2.50. The van der Waals surface area contributed by atoms with Crippen LogP contribution in [0.25, 0.3) is 0 Å². The van der Waals surface area contributed by atoms with Crippen molar-refractivity contribution in [3.05, 3.63) is 100 Å². The molecule has 3 aromatic rings. The Balaban J connectivity index is 1.78. The van der Waals surface area contributed by atoms with Crippen molar-refractivity contribution in [3.63, 3.8) is 0 Å². The Morgan fingerprint density at radius 2 is 1.48 bits per heavy atom. The first-order chi connectivity index (χ1) is 12.2. The molecule has 0 unspecified atom stereocenters.